The normalized spacial score (nSPS) is 59.0. The van der Waals surface area contributed by atoms with Crippen LogP contribution < -0.4 is 0 Å². The predicted molar refractivity (Wildman–Crippen MR) is 79.9 cm³/mol. The fourth-order valence-corrected chi connectivity index (χ4v) is 7.25. The van der Waals surface area contributed by atoms with Crippen LogP contribution in [0.5, 0.6) is 0 Å². The first-order valence-electron chi connectivity index (χ1n) is 8.38. The van der Waals surface area contributed by atoms with Crippen LogP contribution in [-0.4, -0.2) is 5.25 Å². The molecule has 1 spiro atoms. The van der Waals surface area contributed by atoms with Crippen molar-refractivity contribution in [2.75, 3.05) is 0 Å². The van der Waals surface area contributed by atoms with Gasteiger partial charge in [-0.25, -0.2) is 0 Å². The maximum atomic E-state index is 4.92. The molecule has 0 heterocycles. The molecule has 0 saturated heterocycles. The second kappa shape index (κ2) is 4.17. The van der Waals surface area contributed by atoms with Crippen molar-refractivity contribution in [2.24, 2.45) is 35.0 Å². The van der Waals surface area contributed by atoms with Crippen LogP contribution in [-0.2, 0) is 0 Å². The van der Waals surface area contributed by atoms with E-state index >= 15 is 0 Å². The molecule has 4 aliphatic carbocycles. The summed E-state index contributed by atoms with van der Waals surface area (Å²) >= 11 is 4.92. The molecule has 4 fully saturated rings. The molecule has 4 aliphatic rings. The second-order valence-corrected chi connectivity index (χ2v) is 8.72. The predicted octanol–water partition coefficient (Wildman–Crippen LogP) is 4.94. The van der Waals surface area contributed by atoms with Crippen LogP contribution in [0, 0.1) is 35.0 Å². The van der Waals surface area contributed by atoms with Crippen molar-refractivity contribution in [3.05, 3.63) is 0 Å². The van der Waals surface area contributed by atoms with Crippen molar-refractivity contribution in [1.82, 2.24) is 0 Å². The SMILES string of the molecule is CC1C[C@@]23CC[C@H]4C(CCC[C@@H]4S)[C@@H]2CCC1C3. The smallest absolute Gasteiger partial charge is 0.00478 e. The van der Waals surface area contributed by atoms with E-state index < -0.39 is 0 Å². The number of hydrogen-bond donors (Lipinski definition) is 1. The molecular weight excluding hydrogens is 236 g/mol. The van der Waals surface area contributed by atoms with Crippen LogP contribution in [0.25, 0.3) is 0 Å². The summed E-state index contributed by atoms with van der Waals surface area (Å²) < 4.78 is 0. The lowest BCUT2D eigenvalue weighted by Gasteiger charge is -2.55. The number of rotatable bonds is 0. The summed E-state index contributed by atoms with van der Waals surface area (Å²) in [6.45, 7) is 2.54. The van der Waals surface area contributed by atoms with E-state index in [1.165, 1.54) is 25.7 Å². The molecule has 4 rings (SSSR count). The van der Waals surface area contributed by atoms with Crippen LogP contribution >= 0.6 is 12.6 Å². The van der Waals surface area contributed by atoms with Gasteiger partial charge in [0.1, 0.15) is 0 Å². The average molecular weight is 264 g/mol. The highest BCUT2D eigenvalue weighted by Crippen LogP contribution is 2.66. The van der Waals surface area contributed by atoms with Crippen molar-refractivity contribution >= 4 is 12.6 Å². The summed E-state index contributed by atoms with van der Waals surface area (Å²) in [5.41, 5.74) is 0.800. The van der Waals surface area contributed by atoms with Crippen molar-refractivity contribution in [1.29, 1.82) is 0 Å². The zero-order chi connectivity index (χ0) is 12.3. The minimum Gasteiger partial charge on any atom is -0.176 e. The van der Waals surface area contributed by atoms with Gasteiger partial charge >= 0.3 is 0 Å². The lowest BCUT2D eigenvalue weighted by Crippen LogP contribution is -2.47. The van der Waals surface area contributed by atoms with E-state index in [-0.39, 0.29) is 0 Å². The van der Waals surface area contributed by atoms with Crippen molar-refractivity contribution in [3.63, 3.8) is 0 Å². The molecule has 102 valence electrons. The molecule has 0 aliphatic heterocycles. The number of hydrogen-bond acceptors (Lipinski definition) is 1. The summed E-state index contributed by atoms with van der Waals surface area (Å²) in [6, 6.07) is 0. The Morgan fingerprint density at radius 3 is 2.72 bits per heavy atom. The van der Waals surface area contributed by atoms with Crippen LogP contribution in [0.3, 0.4) is 0 Å². The van der Waals surface area contributed by atoms with Gasteiger partial charge < -0.3 is 0 Å². The maximum Gasteiger partial charge on any atom is 0.00478 e. The third kappa shape index (κ3) is 1.58. The van der Waals surface area contributed by atoms with E-state index in [1.807, 2.05) is 0 Å². The Morgan fingerprint density at radius 1 is 0.944 bits per heavy atom. The Labute approximate surface area is 118 Å². The van der Waals surface area contributed by atoms with Crippen LogP contribution in [0.1, 0.15) is 64.7 Å². The van der Waals surface area contributed by atoms with Gasteiger partial charge in [-0.15, -0.1) is 0 Å². The van der Waals surface area contributed by atoms with E-state index in [0.29, 0.717) is 0 Å². The summed E-state index contributed by atoms with van der Waals surface area (Å²) in [5.74, 6) is 5.24. The fourth-order valence-electron chi connectivity index (χ4n) is 6.70. The standard InChI is InChI=1S/C17H28S/c1-11-9-17-8-7-14-13(3-2-4-16(14)18)15(17)6-5-12(11)10-17/h11-16,18H,2-10H2,1H3/t11?,12?,13?,14-,15-,16-,17+/m0/s1. The molecule has 0 radical (unpaired) electrons. The third-order valence-electron chi connectivity index (χ3n) is 7.41. The van der Waals surface area contributed by atoms with Crippen LogP contribution in [0.2, 0.25) is 0 Å². The van der Waals surface area contributed by atoms with E-state index in [4.69, 9.17) is 12.6 Å². The minimum atomic E-state index is 0.734. The van der Waals surface area contributed by atoms with Gasteiger partial charge in [-0.1, -0.05) is 13.3 Å². The van der Waals surface area contributed by atoms with Gasteiger partial charge in [-0.05, 0) is 86.4 Å². The molecule has 7 atom stereocenters. The first-order chi connectivity index (χ1) is 8.70. The number of thiol groups is 1. The zero-order valence-corrected chi connectivity index (χ0v) is 12.7. The van der Waals surface area contributed by atoms with E-state index in [1.54, 1.807) is 32.1 Å². The highest BCUT2D eigenvalue weighted by atomic mass is 32.1. The lowest BCUT2D eigenvalue weighted by atomic mass is 9.51. The van der Waals surface area contributed by atoms with Gasteiger partial charge in [0.25, 0.3) is 0 Å². The zero-order valence-electron chi connectivity index (χ0n) is 11.8. The quantitative estimate of drug-likeness (QED) is 0.589. The third-order valence-corrected chi connectivity index (χ3v) is 8.05. The van der Waals surface area contributed by atoms with Crippen molar-refractivity contribution in [2.45, 2.75) is 70.0 Å². The van der Waals surface area contributed by atoms with Crippen LogP contribution in [0.4, 0.5) is 0 Å². The summed E-state index contributed by atoms with van der Waals surface area (Å²) in [7, 11) is 0. The molecular formula is C17H28S. The fraction of sp³-hybridized carbons (Fsp3) is 1.00. The monoisotopic (exact) mass is 264 g/mol. The highest BCUT2D eigenvalue weighted by molar-refractivity contribution is 7.81. The van der Waals surface area contributed by atoms with Gasteiger partial charge in [-0.2, -0.15) is 12.6 Å². The van der Waals surface area contributed by atoms with E-state index in [2.05, 4.69) is 6.92 Å². The molecule has 0 aromatic heterocycles. The summed E-state index contributed by atoms with van der Waals surface area (Å²) in [5, 5.41) is 0.734. The molecule has 3 unspecified atom stereocenters. The summed E-state index contributed by atoms with van der Waals surface area (Å²) in [6.07, 6.45) is 13.7. The molecule has 2 bridgehead atoms. The molecule has 0 N–H and O–H groups in total. The topological polar surface area (TPSA) is 0 Å². The van der Waals surface area contributed by atoms with Gasteiger partial charge in [0.2, 0.25) is 0 Å². The largest absolute Gasteiger partial charge is 0.176 e. The van der Waals surface area contributed by atoms with E-state index in [9.17, 15) is 0 Å². The molecule has 1 heteroatoms. The Bertz CT molecular complexity index is 335. The van der Waals surface area contributed by atoms with Gasteiger partial charge in [0.05, 0.1) is 0 Å². The number of fused-ring (bicyclic) bond motifs is 3. The molecule has 18 heavy (non-hydrogen) atoms. The van der Waals surface area contributed by atoms with Crippen molar-refractivity contribution in [3.8, 4) is 0 Å². The lowest BCUT2D eigenvalue weighted by molar-refractivity contribution is -0.0353. The van der Waals surface area contributed by atoms with Gasteiger partial charge in [0, 0.05) is 5.25 Å². The average Bonchev–Trinajstić information content (AvgIpc) is 2.60. The Kier molecular flexibility index (Phi) is 2.81. The first kappa shape index (κ1) is 12.1. The molecule has 0 aromatic rings. The molecule has 0 amide bonds. The summed E-state index contributed by atoms with van der Waals surface area (Å²) in [4.78, 5) is 0. The molecule has 0 aromatic carbocycles. The first-order valence-corrected chi connectivity index (χ1v) is 8.89. The second-order valence-electron chi connectivity index (χ2n) is 8.06. The van der Waals surface area contributed by atoms with Gasteiger partial charge in [-0.3, -0.25) is 0 Å². The van der Waals surface area contributed by atoms with Crippen LogP contribution in [0.15, 0.2) is 0 Å². The Balaban J connectivity index is 1.64. The van der Waals surface area contributed by atoms with E-state index in [0.717, 1.165) is 40.3 Å². The van der Waals surface area contributed by atoms with Crippen molar-refractivity contribution < 1.29 is 0 Å². The maximum absolute atomic E-state index is 4.92. The molecule has 4 saturated carbocycles. The Hall–Kier alpha value is 0.350. The highest BCUT2D eigenvalue weighted by Gasteiger charge is 2.57. The molecule has 0 nitrogen and oxygen atoms in total. The minimum absolute atomic E-state index is 0.734. The Morgan fingerprint density at radius 2 is 1.83 bits per heavy atom. The van der Waals surface area contributed by atoms with Gasteiger partial charge in [0.15, 0.2) is 0 Å².